The van der Waals surface area contributed by atoms with Crippen LogP contribution in [0, 0.1) is 0 Å². The van der Waals surface area contributed by atoms with Gasteiger partial charge in [0.15, 0.2) is 0 Å². The first-order chi connectivity index (χ1) is 7.42. The number of hydrogen-bond donors (Lipinski definition) is 1. The molecule has 2 rings (SSSR count). The highest BCUT2D eigenvalue weighted by Gasteiger charge is 1.99. The number of nitrogens with zero attached hydrogens (tertiary/aromatic N) is 1. The van der Waals surface area contributed by atoms with Gasteiger partial charge in [0.2, 0.25) is 0 Å². The SMILES string of the molecule is CNCCCc1cccc2ncccc12. The Balaban J connectivity index is 2.26. The first kappa shape index (κ1) is 10.1. The molecule has 1 N–H and O–H groups in total. The third kappa shape index (κ3) is 2.34. The fourth-order valence-corrected chi connectivity index (χ4v) is 1.84. The molecule has 1 heterocycles. The van der Waals surface area contributed by atoms with Crippen LogP contribution in [0.15, 0.2) is 36.5 Å². The second-order valence-electron chi connectivity index (χ2n) is 3.69. The molecule has 0 radical (unpaired) electrons. The van der Waals surface area contributed by atoms with E-state index in [1.54, 1.807) is 0 Å². The second kappa shape index (κ2) is 4.89. The number of hydrogen-bond acceptors (Lipinski definition) is 2. The molecule has 2 heteroatoms. The summed E-state index contributed by atoms with van der Waals surface area (Å²) in [7, 11) is 1.99. The van der Waals surface area contributed by atoms with Gasteiger partial charge < -0.3 is 5.32 Å². The summed E-state index contributed by atoms with van der Waals surface area (Å²) in [5.41, 5.74) is 2.50. The third-order valence-corrected chi connectivity index (χ3v) is 2.61. The molecular weight excluding hydrogens is 184 g/mol. The highest BCUT2D eigenvalue weighted by molar-refractivity contribution is 5.81. The molecule has 0 aliphatic carbocycles. The molecule has 0 saturated heterocycles. The maximum absolute atomic E-state index is 4.35. The van der Waals surface area contributed by atoms with Crippen LogP contribution in [0.5, 0.6) is 0 Å². The molecular formula is C13H16N2. The molecule has 0 saturated carbocycles. The van der Waals surface area contributed by atoms with E-state index in [1.807, 2.05) is 19.3 Å². The molecule has 0 spiro atoms. The van der Waals surface area contributed by atoms with Gasteiger partial charge >= 0.3 is 0 Å². The molecule has 0 aliphatic rings. The molecule has 0 unspecified atom stereocenters. The predicted octanol–water partition coefficient (Wildman–Crippen LogP) is 2.39. The Morgan fingerprint density at radius 1 is 1.20 bits per heavy atom. The van der Waals surface area contributed by atoms with Crippen molar-refractivity contribution in [2.24, 2.45) is 0 Å². The molecule has 2 nitrogen and oxygen atoms in total. The summed E-state index contributed by atoms with van der Waals surface area (Å²) >= 11 is 0. The maximum atomic E-state index is 4.35. The molecule has 1 aromatic carbocycles. The monoisotopic (exact) mass is 200 g/mol. The molecule has 0 aliphatic heterocycles. The number of benzene rings is 1. The van der Waals surface area contributed by atoms with Gasteiger partial charge in [0.1, 0.15) is 0 Å². The van der Waals surface area contributed by atoms with E-state index in [1.165, 1.54) is 17.4 Å². The summed E-state index contributed by atoms with van der Waals surface area (Å²) < 4.78 is 0. The van der Waals surface area contributed by atoms with Crippen LogP contribution in [-0.2, 0) is 6.42 Å². The minimum Gasteiger partial charge on any atom is -0.320 e. The largest absolute Gasteiger partial charge is 0.320 e. The molecule has 1 aromatic heterocycles. The Morgan fingerprint density at radius 2 is 2.13 bits per heavy atom. The summed E-state index contributed by atoms with van der Waals surface area (Å²) in [6.07, 6.45) is 4.13. The number of rotatable bonds is 4. The van der Waals surface area contributed by atoms with Crippen LogP contribution in [0.2, 0.25) is 0 Å². The summed E-state index contributed by atoms with van der Waals surface area (Å²) in [5.74, 6) is 0. The quantitative estimate of drug-likeness (QED) is 0.766. The van der Waals surface area contributed by atoms with Crippen LogP contribution >= 0.6 is 0 Å². The lowest BCUT2D eigenvalue weighted by Gasteiger charge is -2.05. The van der Waals surface area contributed by atoms with Crippen molar-refractivity contribution in [2.45, 2.75) is 12.8 Å². The predicted molar refractivity (Wildman–Crippen MR) is 64.0 cm³/mol. The molecule has 0 atom stereocenters. The zero-order valence-corrected chi connectivity index (χ0v) is 9.03. The van der Waals surface area contributed by atoms with Gasteiger partial charge in [-0.3, -0.25) is 4.98 Å². The van der Waals surface area contributed by atoms with Gasteiger partial charge in [0.05, 0.1) is 5.52 Å². The van der Waals surface area contributed by atoms with E-state index in [-0.39, 0.29) is 0 Å². The fourth-order valence-electron chi connectivity index (χ4n) is 1.84. The average Bonchev–Trinajstić information content (AvgIpc) is 2.30. The highest BCUT2D eigenvalue weighted by atomic mass is 14.8. The van der Waals surface area contributed by atoms with E-state index >= 15 is 0 Å². The second-order valence-corrected chi connectivity index (χ2v) is 3.69. The van der Waals surface area contributed by atoms with Gasteiger partial charge in [0, 0.05) is 11.6 Å². The van der Waals surface area contributed by atoms with Crippen LogP contribution in [0.25, 0.3) is 10.9 Å². The molecule has 15 heavy (non-hydrogen) atoms. The van der Waals surface area contributed by atoms with Gasteiger partial charge in [-0.2, -0.15) is 0 Å². The third-order valence-electron chi connectivity index (χ3n) is 2.61. The van der Waals surface area contributed by atoms with Crippen LogP contribution in [0.4, 0.5) is 0 Å². The Morgan fingerprint density at radius 3 is 3.00 bits per heavy atom. The first-order valence-electron chi connectivity index (χ1n) is 5.39. The minimum atomic E-state index is 1.07. The van der Waals surface area contributed by atoms with Crippen molar-refractivity contribution >= 4 is 10.9 Å². The van der Waals surface area contributed by atoms with Gasteiger partial charge in [-0.15, -0.1) is 0 Å². The lowest BCUT2D eigenvalue weighted by atomic mass is 10.0. The Hall–Kier alpha value is -1.41. The summed E-state index contributed by atoms with van der Waals surface area (Å²) in [6, 6.07) is 10.5. The van der Waals surface area contributed by atoms with Crippen molar-refractivity contribution in [3.05, 3.63) is 42.1 Å². The fraction of sp³-hybridized carbons (Fsp3) is 0.308. The number of nitrogens with one attached hydrogen (secondary N) is 1. The van der Waals surface area contributed by atoms with Crippen LogP contribution < -0.4 is 5.32 Å². The maximum Gasteiger partial charge on any atom is 0.0704 e. The van der Waals surface area contributed by atoms with Crippen molar-refractivity contribution in [3.63, 3.8) is 0 Å². The van der Waals surface area contributed by atoms with E-state index in [0.717, 1.165) is 18.5 Å². The Kier molecular flexibility index (Phi) is 3.30. The minimum absolute atomic E-state index is 1.07. The number of aryl methyl sites for hydroxylation is 1. The van der Waals surface area contributed by atoms with E-state index in [9.17, 15) is 0 Å². The Bertz CT molecular complexity index is 432. The van der Waals surface area contributed by atoms with Gasteiger partial charge in [0.25, 0.3) is 0 Å². The van der Waals surface area contributed by atoms with E-state index in [2.05, 4.69) is 34.6 Å². The highest BCUT2D eigenvalue weighted by Crippen LogP contribution is 2.17. The van der Waals surface area contributed by atoms with Gasteiger partial charge in [-0.05, 0) is 44.1 Å². The zero-order valence-electron chi connectivity index (χ0n) is 9.03. The van der Waals surface area contributed by atoms with Crippen molar-refractivity contribution in [1.82, 2.24) is 10.3 Å². The van der Waals surface area contributed by atoms with Crippen LogP contribution in [0.3, 0.4) is 0 Å². The lowest BCUT2D eigenvalue weighted by Crippen LogP contribution is -2.08. The summed E-state index contributed by atoms with van der Waals surface area (Å²) in [5, 5.41) is 4.46. The topological polar surface area (TPSA) is 24.9 Å². The molecule has 0 fully saturated rings. The zero-order chi connectivity index (χ0) is 10.5. The lowest BCUT2D eigenvalue weighted by molar-refractivity contribution is 0.727. The van der Waals surface area contributed by atoms with Crippen molar-refractivity contribution < 1.29 is 0 Å². The average molecular weight is 200 g/mol. The molecule has 0 amide bonds. The molecule has 78 valence electrons. The number of aromatic nitrogens is 1. The smallest absolute Gasteiger partial charge is 0.0704 e. The van der Waals surface area contributed by atoms with Crippen LogP contribution in [0.1, 0.15) is 12.0 Å². The molecule has 2 aromatic rings. The normalized spacial score (nSPS) is 10.7. The summed E-state index contributed by atoms with van der Waals surface area (Å²) in [4.78, 5) is 4.35. The van der Waals surface area contributed by atoms with E-state index in [0.29, 0.717) is 0 Å². The number of pyridine rings is 1. The van der Waals surface area contributed by atoms with Gasteiger partial charge in [-0.25, -0.2) is 0 Å². The van der Waals surface area contributed by atoms with Crippen molar-refractivity contribution in [1.29, 1.82) is 0 Å². The van der Waals surface area contributed by atoms with Crippen molar-refractivity contribution in [3.8, 4) is 0 Å². The van der Waals surface area contributed by atoms with Gasteiger partial charge in [-0.1, -0.05) is 18.2 Å². The van der Waals surface area contributed by atoms with Crippen molar-refractivity contribution in [2.75, 3.05) is 13.6 Å². The number of fused-ring (bicyclic) bond motifs is 1. The van der Waals surface area contributed by atoms with E-state index in [4.69, 9.17) is 0 Å². The van der Waals surface area contributed by atoms with Crippen LogP contribution in [-0.4, -0.2) is 18.6 Å². The summed E-state index contributed by atoms with van der Waals surface area (Å²) in [6.45, 7) is 1.07. The Labute approximate surface area is 90.3 Å². The first-order valence-corrected chi connectivity index (χ1v) is 5.39. The van der Waals surface area contributed by atoms with E-state index < -0.39 is 0 Å². The standard InChI is InChI=1S/C13H16N2/c1-14-9-3-6-11-5-2-8-13-12(11)7-4-10-15-13/h2,4-5,7-8,10,14H,3,6,9H2,1H3. The molecule has 0 bridgehead atoms.